The zero-order chi connectivity index (χ0) is 7.65. The van der Waals surface area contributed by atoms with Crippen molar-refractivity contribution >= 4 is 17.7 Å². The fraction of sp³-hybridized carbons (Fsp3) is 0.333. The summed E-state index contributed by atoms with van der Waals surface area (Å²) >= 11 is 0.406. The van der Waals surface area contributed by atoms with E-state index < -0.39 is 16.5 Å². The Balaban J connectivity index is 4.40. The average molecular weight is 138 g/mol. The van der Waals surface area contributed by atoms with Crippen molar-refractivity contribution in [2.45, 2.75) is 6.18 Å². The summed E-state index contributed by atoms with van der Waals surface area (Å²) in [7, 11) is 0. The van der Waals surface area contributed by atoms with Gasteiger partial charge in [0.15, 0.2) is 0 Å². The first kappa shape index (κ1) is 8.99. The van der Waals surface area contributed by atoms with Crippen LogP contribution in [-0.2, 0) is 0 Å². The molecule has 0 aromatic carbocycles. The summed E-state index contributed by atoms with van der Waals surface area (Å²) in [5.74, 6) is -2.66. The molecule has 0 nitrogen and oxygen atoms in total. The van der Waals surface area contributed by atoms with E-state index in [1.165, 1.54) is 0 Å². The predicted molar refractivity (Wildman–Crippen MR) is 21.1 cm³/mol. The molecule has 48 valence electrons. The number of hydrogen-bond acceptors (Lipinski definition) is 0. The first-order valence-corrected chi connectivity index (χ1v) is 1.94. The topological polar surface area (TPSA) is 0 Å². The van der Waals surface area contributed by atoms with Crippen LogP contribution in [-0.4, -0.2) is 23.9 Å². The van der Waals surface area contributed by atoms with Crippen LogP contribution >= 0.6 is 0 Å². The number of hydrogen-bond donors (Lipinski definition) is 0. The molecule has 6 heteroatoms. The first-order chi connectivity index (χ1) is 3.85. The molecule has 0 rings (SSSR count). The van der Waals surface area contributed by atoms with E-state index in [1.54, 1.807) is 0 Å². The van der Waals surface area contributed by atoms with Crippen LogP contribution in [0.5, 0.6) is 0 Å². The molecule has 0 aromatic heterocycles. The van der Waals surface area contributed by atoms with Crippen molar-refractivity contribution < 1.29 is 22.0 Å². The summed E-state index contributed by atoms with van der Waals surface area (Å²) < 4.78 is 54.0. The third kappa shape index (κ3) is 2.87. The van der Waals surface area contributed by atoms with Gasteiger partial charge in [-0.15, -0.1) is 0 Å². The molecule has 0 N–H and O–H groups in total. The molecule has 0 aliphatic heterocycles. The van der Waals surface area contributed by atoms with Gasteiger partial charge in [-0.1, -0.05) is 0 Å². The summed E-state index contributed by atoms with van der Waals surface area (Å²) in [6.07, 6.45) is -5.18. The van der Waals surface area contributed by atoms with Gasteiger partial charge in [-0.3, -0.25) is 0 Å². The molecule has 0 amide bonds. The molecule has 0 aromatic rings. The second-order valence-corrected chi connectivity index (χ2v) is 1.35. The molecular weight excluding hydrogens is 138 g/mol. The second-order valence-electron chi connectivity index (χ2n) is 1.35. The number of allylic oxidation sites excluding steroid dienone is 1. The van der Waals surface area contributed by atoms with Crippen molar-refractivity contribution in [1.29, 1.82) is 0 Å². The van der Waals surface area contributed by atoms with Crippen molar-refractivity contribution in [3.05, 3.63) is 10.3 Å². The fourth-order valence-corrected chi connectivity index (χ4v) is 0.195. The summed E-state index contributed by atoms with van der Waals surface area (Å²) in [5.41, 5.74) is 0. The van der Waals surface area contributed by atoms with Crippen LogP contribution in [0.4, 0.5) is 22.0 Å². The van der Waals surface area contributed by atoms with E-state index in [9.17, 15) is 22.0 Å². The number of alkyl halides is 3. The summed E-state index contributed by atoms with van der Waals surface area (Å²) in [4.78, 5) is 0. The van der Waals surface area contributed by atoms with Gasteiger partial charge in [0.05, 0.1) is 0 Å². The van der Waals surface area contributed by atoms with Crippen LogP contribution in [0.3, 0.4) is 0 Å². The minimum absolute atomic E-state index is 0.406. The average Bonchev–Trinajstić information content (AvgIpc) is 1.62. The van der Waals surface area contributed by atoms with Crippen molar-refractivity contribution in [1.82, 2.24) is 0 Å². The Kier molecular flexibility index (Phi) is 2.71. The van der Waals surface area contributed by atoms with Gasteiger partial charge in [-0.2, -0.15) is 0 Å². The molecular formula is C3F5Li. The van der Waals surface area contributed by atoms with Gasteiger partial charge < -0.3 is 0 Å². The standard InChI is InChI=1S/C3F5.Li/c4-1-2(5)3(6,7)8;. The van der Waals surface area contributed by atoms with Crippen molar-refractivity contribution in [2.75, 3.05) is 0 Å². The maximum absolute atomic E-state index is 11.4. The molecule has 9 heavy (non-hydrogen) atoms. The second kappa shape index (κ2) is 2.71. The van der Waals surface area contributed by atoms with Crippen LogP contribution in [0, 0.1) is 0 Å². The van der Waals surface area contributed by atoms with E-state index in [0.717, 1.165) is 0 Å². The molecule has 0 spiro atoms. The van der Waals surface area contributed by atoms with E-state index in [2.05, 4.69) is 0 Å². The van der Waals surface area contributed by atoms with E-state index in [1.807, 2.05) is 0 Å². The monoisotopic (exact) mass is 138 g/mol. The molecule has 0 heterocycles. The molecule has 0 aliphatic rings. The van der Waals surface area contributed by atoms with Crippen LogP contribution in [0.2, 0.25) is 0 Å². The SMILES string of the molecule is [Li]/[C](F)=C(\F)C(F)(F)F. The summed E-state index contributed by atoms with van der Waals surface area (Å²) in [5, 5.41) is 0. The molecule has 0 aliphatic carbocycles. The third-order valence-corrected chi connectivity index (χ3v) is 0.551. The van der Waals surface area contributed by atoms with Gasteiger partial charge in [0.25, 0.3) is 0 Å². The Hall–Kier alpha value is -0.0126. The molecule has 0 unspecified atom stereocenters. The molecule has 0 fully saturated rings. The van der Waals surface area contributed by atoms with Gasteiger partial charge >= 0.3 is 56.2 Å². The van der Waals surface area contributed by atoms with Crippen LogP contribution in [0.1, 0.15) is 0 Å². The molecule has 0 bridgehead atoms. The Morgan fingerprint density at radius 3 is 1.44 bits per heavy atom. The molecule has 0 saturated heterocycles. The van der Waals surface area contributed by atoms with Crippen LogP contribution in [0.15, 0.2) is 10.3 Å². The quantitative estimate of drug-likeness (QED) is 0.353. The van der Waals surface area contributed by atoms with Crippen molar-refractivity contribution in [3.63, 3.8) is 0 Å². The Morgan fingerprint density at radius 2 is 1.44 bits per heavy atom. The fourth-order valence-electron chi connectivity index (χ4n) is 0.195. The van der Waals surface area contributed by atoms with E-state index in [0.29, 0.717) is 17.7 Å². The van der Waals surface area contributed by atoms with Crippen molar-refractivity contribution in [3.8, 4) is 0 Å². The van der Waals surface area contributed by atoms with Gasteiger partial charge in [-0.05, 0) is 0 Å². The maximum atomic E-state index is 11.4. The molecule has 0 radical (unpaired) electrons. The predicted octanol–water partition coefficient (Wildman–Crippen LogP) is 1.83. The van der Waals surface area contributed by atoms with Gasteiger partial charge in [-0.25, -0.2) is 0 Å². The van der Waals surface area contributed by atoms with Gasteiger partial charge in [0.2, 0.25) is 0 Å². The minimum atomic E-state index is -5.18. The zero-order valence-electron chi connectivity index (χ0n) is 4.39. The van der Waals surface area contributed by atoms with Crippen LogP contribution in [0.25, 0.3) is 0 Å². The van der Waals surface area contributed by atoms with E-state index >= 15 is 0 Å². The van der Waals surface area contributed by atoms with Crippen LogP contribution < -0.4 is 0 Å². The zero-order valence-corrected chi connectivity index (χ0v) is 4.39. The number of rotatable bonds is 0. The Labute approximate surface area is 56.9 Å². The number of halogens is 5. The summed E-state index contributed by atoms with van der Waals surface area (Å²) in [6, 6.07) is 0. The Morgan fingerprint density at radius 1 is 1.11 bits per heavy atom. The normalized spacial score (nSPS) is 15.4. The molecule has 0 saturated carbocycles. The van der Waals surface area contributed by atoms with Gasteiger partial charge in [0, 0.05) is 0 Å². The third-order valence-electron chi connectivity index (χ3n) is 0.551. The Bertz CT molecular complexity index is 130. The van der Waals surface area contributed by atoms with E-state index in [-0.39, 0.29) is 0 Å². The van der Waals surface area contributed by atoms with Crippen molar-refractivity contribution in [2.24, 2.45) is 0 Å². The molecule has 0 atom stereocenters. The van der Waals surface area contributed by atoms with E-state index in [4.69, 9.17) is 0 Å². The van der Waals surface area contributed by atoms with Gasteiger partial charge in [0.1, 0.15) is 0 Å². The summed E-state index contributed by atoms with van der Waals surface area (Å²) in [6.45, 7) is 0. The first-order valence-electron chi connectivity index (χ1n) is 1.94.